The summed E-state index contributed by atoms with van der Waals surface area (Å²) < 4.78 is 0. The Morgan fingerprint density at radius 2 is 1.92 bits per heavy atom. The van der Waals surface area contributed by atoms with Crippen LogP contribution in [0.25, 0.3) is 0 Å². The number of hydrogen-bond donors (Lipinski definition) is 4. The van der Waals surface area contributed by atoms with E-state index >= 15 is 0 Å². The number of amides is 1. The average molecular weight is 349 g/mol. The van der Waals surface area contributed by atoms with E-state index in [0.717, 1.165) is 32.1 Å². The zero-order chi connectivity index (χ0) is 18.9. The Morgan fingerprint density at radius 1 is 1.32 bits per heavy atom. The number of nitrogens with two attached hydrogens (primary N) is 1. The topological polar surface area (TPSA) is 113 Å². The second-order valence-electron chi connectivity index (χ2n) is 8.46. The predicted molar refractivity (Wildman–Crippen MR) is 99.7 cm³/mol. The van der Waals surface area contributed by atoms with Gasteiger partial charge in [-0.2, -0.15) is 4.98 Å². The maximum absolute atomic E-state index is 11.6. The molecule has 0 saturated heterocycles. The van der Waals surface area contributed by atoms with Gasteiger partial charge in [0.1, 0.15) is 5.82 Å². The molecule has 1 aromatic heterocycles. The van der Waals surface area contributed by atoms with Crippen molar-refractivity contribution in [1.29, 1.82) is 0 Å². The Morgan fingerprint density at radius 3 is 2.40 bits per heavy atom. The summed E-state index contributed by atoms with van der Waals surface area (Å²) in [4.78, 5) is 20.4. The number of carbonyl (C=O) groups excluding carboxylic acids is 1. The third-order valence-electron chi connectivity index (χ3n) is 4.90. The maximum Gasteiger partial charge on any atom is 0.254 e. The van der Waals surface area contributed by atoms with Crippen molar-refractivity contribution in [3.63, 3.8) is 0 Å². The average Bonchev–Trinajstić information content (AvgIpc) is 2.49. The monoisotopic (exact) mass is 349 g/mol. The number of aliphatic hydroxyl groups is 1. The smallest absolute Gasteiger partial charge is 0.254 e. The minimum Gasteiger partial charge on any atom is -0.390 e. The lowest BCUT2D eigenvalue weighted by Crippen LogP contribution is -2.45. The van der Waals surface area contributed by atoms with E-state index in [1.807, 2.05) is 27.7 Å². The predicted octanol–water partition coefficient (Wildman–Crippen LogP) is 2.67. The van der Waals surface area contributed by atoms with E-state index in [1.165, 1.54) is 6.20 Å². The number of anilines is 2. The van der Waals surface area contributed by atoms with Crippen LogP contribution in [0.3, 0.4) is 0 Å². The van der Waals surface area contributed by atoms with E-state index in [1.54, 1.807) is 0 Å². The first-order chi connectivity index (χ1) is 11.5. The van der Waals surface area contributed by atoms with E-state index in [0.29, 0.717) is 11.8 Å². The molecule has 0 bridgehead atoms. The molecule has 0 unspecified atom stereocenters. The number of nitrogens with one attached hydrogen (secondary N) is 2. The lowest BCUT2D eigenvalue weighted by molar-refractivity contribution is -0.0127. The van der Waals surface area contributed by atoms with Gasteiger partial charge in [0.25, 0.3) is 5.91 Å². The zero-order valence-corrected chi connectivity index (χ0v) is 15.9. The summed E-state index contributed by atoms with van der Waals surface area (Å²) in [7, 11) is 0. The summed E-state index contributed by atoms with van der Waals surface area (Å²) in [5, 5.41) is 17.0. The summed E-state index contributed by atoms with van der Waals surface area (Å²) >= 11 is 0. The third kappa shape index (κ3) is 5.04. The van der Waals surface area contributed by atoms with Crippen molar-refractivity contribution >= 4 is 17.7 Å². The van der Waals surface area contributed by atoms with Gasteiger partial charge in [0.15, 0.2) is 0 Å². The number of carbonyl (C=O) groups is 1. The molecule has 0 aliphatic heterocycles. The van der Waals surface area contributed by atoms with Gasteiger partial charge in [-0.25, -0.2) is 4.98 Å². The van der Waals surface area contributed by atoms with Crippen LogP contribution in [0.4, 0.5) is 11.8 Å². The Balaban J connectivity index is 2.20. The Kier molecular flexibility index (Phi) is 5.27. The van der Waals surface area contributed by atoms with Crippen LogP contribution in [-0.4, -0.2) is 37.7 Å². The standard InChI is InChI=1S/C18H31N5O2/c1-6-18(25)9-7-17(5,8-10-18)23-15-20-11-12(13(19)24)14(21-15)22-16(2,3)4/h11,25H,6-10H2,1-5H3,(H2,19,24)(H2,20,21,22,23). The van der Waals surface area contributed by atoms with Crippen LogP contribution in [-0.2, 0) is 0 Å². The van der Waals surface area contributed by atoms with E-state index in [-0.39, 0.29) is 16.6 Å². The van der Waals surface area contributed by atoms with Gasteiger partial charge >= 0.3 is 0 Å². The molecule has 7 heteroatoms. The van der Waals surface area contributed by atoms with E-state index in [4.69, 9.17) is 5.73 Å². The number of aromatic nitrogens is 2. The number of rotatable bonds is 5. The van der Waals surface area contributed by atoms with Gasteiger partial charge in [0.05, 0.1) is 11.2 Å². The molecular formula is C18H31N5O2. The number of nitrogens with zero attached hydrogens (tertiary/aromatic N) is 2. The minimum atomic E-state index is -0.560. The fourth-order valence-electron chi connectivity index (χ4n) is 3.09. The summed E-state index contributed by atoms with van der Waals surface area (Å²) in [6, 6.07) is 0. The highest BCUT2D eigenvalue weighted by Crippen LogP contribution is 2.38. The van der Waals surface area contributed by atoms with Gasteiger partial charge in [-0.15, -0.1) is 0 Å². The molecule has 0 atom stereocenters. The van der Waals surface area contributed by atoms with Gasteiger partial charge in [-0.1, -0.05) is 6.92 Å². The normalized spacial score (nSPS) is 27.0. The van der Waals surface area contributed by atoms with Gasteiger partial charge in [0.2, 0.25) is 5.95 Å². The molecule has 0 radical (unpaired) electrons. The molecule has 1 fully saturated rings. The highest BCUT2D eigenvalue weighted by atomic mass is 16.3. The van der Waals surface area contributed by atoms with E-state index < -0.39 is 11.5 Å². The molecule has 1 aliphatic rings. The van der Waals surface area contributed by atoms with Gasteiger partial charge < -0.3 is 21.5 Å². The molecular weight excluding hydrogens is 318 g/mol. The van der Waals surface area contributed by atoms with Crippen molar-refractivity contribution in [2.45, 2.75) is 83.4 Å². The number of hydrogen-bond acceptors (Lipinski definition) is 6. The van der Waals surface area contributed by atoms with Crippen LogP contribution in [0.15, 0.2) is 6.20 Å². The molecule has 1 heterocycles. The molecule has 140 valence electrons. The fraction of sp³-hybridized carbons (Fsp3) is 0.722. The Labute approximate surface area is 149 Å². The van der Waals surface area contributed by atoms with Crippen LogP contribution in [0.1, 0.15) is 77.1 Å². The highest BCUT2D eigenvalue weighted by Gasteiger charge is 2.38. The summed E-state index contributed by atoms with van der Waals surface area (Å²) in [5.74, 6) is 0.332. The highest BCUT2D eigenvalue weighted by molar-refractivity contribution is 5.97. The van der Waals surface area contributed by atoms with Crippen molar-refractivity contribution in [3.8, 4) is 0 Å². The first-order valence-electron chi connectivity index (χ1n) is 8.91. The summed E-state index contributed by atoms with van der Waals surface area (Å²) in [5.41, 5.74) is 4.70. The van der Waals surface area contributed by atoms with Crippen molar-refractivity contribution in [2.75, 3.05) is 10.6 Å². The zero-order valence-electron chi connectivity index (χ0n) is 15.9. The lowest BCUT2D eigenvalue weighted by atomic mass is 9.74. The molecule has 1 aromatic rings. The van der Waals surface area contributed by atoms with Crippen LogP contribution >= 0.6 is 0 Å². The first-order valence-corrected chi connectivity index (χ1v) is 8.91. The van der Waals surface area contributed by atoms with Gasteiger partial charge in [-0.05, 0) is 59.8 Å². The van der Waals surface area contributed by atoms with Crippen molar-refractivity contribution in [3.05, 3.63) is 11.8 Å². The third-order valence-corrected chi connectivity index (χ3v) is 4.90. The fourth-order valence-corrected chi connectivity index (χ4v) is 3.09. The van der Waals surface area contributed by atoms with Crippen LogP contribution in [0, 0.1) is 0 Å². The molecule has 1 amide bonds. The quantitative estimate of drug-likeness (QED) is 0.650. The second kappa shape index (κ2) is 6.78. The molecule has 0 spiro atoms. The molecule has 1 aliphatic carbocycles. The second-order valence-corrected chi connectivity index (χ2v) is 8.46. The number of primary amides is 1. The Bertz CT molecular complexity index is 631. The van der Waals surface area contributed by atoms with Gasteiger partial charge in [0, 0.05) is 17.3 Å². The molecule has 2 rings (SSSR count). The van der Waals surface area contributed by atoms with E-state index in [2.05, 4.69) is 27.5 Å². The maximum atomic E-state index is 11.6. The summed E-state index contributed by atoms with van der Waals surface area (Å²) in [6.45, 7) is 10.1. The van der Waals surface area contributed by atoms with Crippen molar-refractivity contribution < 1.29 is 9.90 Å². The van der Waals surface area contributed by atoms with Crippen molar-refractivity contribution in [1.82, 2.24) is 9.97 Å². The SMILES string of the molecule is CCC1(O)CCC(C)(Nc2ncc(C(N)=O)c(NC(C)(C)C)n2)CC1. The largest absolute Gasteiger partial charge is 0.390 e. The van der Waals surface area contributed by atoms with E-state index in [9.17, 15) is 9.90 Å². The molecule has 1 saturated carbocycles. The molecule has 0 aromatic carbocycles. The lowest BCUT2D eigenvalue weighted by Gasteiger charge is -2.42. The van der Waals surface area contributed by atoms with Crippen LogP contribution in [0.5, 0.6) is 0 Å². The van der Waals surface area contributed by atoms with Crippen LogP contribution < -0.4 is 16.4 Å². The molecule has 7 nitrogen and oxygen atoms in total. The van der Waals surface area contributed by atoms with Crippen LogP contribution in [0.2, 0.25) is 0 Å². The molecule has 25 heavy (non-hydrogen) atoms. The summed E-state index contributed by atoms with van der Waals surface area (Å²) in [6.07, 6.45) is 5.40. The van der Waals surface area contributed by atoms with Gasteiger partial charge in [-0.3, -0.25) is 4.79 Å². The minimum absolute atomic E-state index is 0.186. The molecule has 5 N–H and O–H groups in total. The Hall–Kier alpha value is -1.89. The first kappa shape index (κ1) is 19.4. The van der Waals surface area contributed by atoms with Crippen molar-refractivity contribution in [2.24, 2.45) is 5.73 Å².